The number of methoxy groups -OCH3 is 1. The summed E-state index contributed by atoms with van der Waals surface area (Å²) < 4.78 is 5.41. The Morgan fingerprint density at radius 3 is 2.50 bits per heavy atom. The lowest BCUT2D eigenvalue weighted by molar-refractivity contribution is 0.416. The van der Waals surface area contributed by atoms with Crippen molar-refractivity contribution < 1.29 is 4.74 Å². The van der Waals surface area contributed by atoms with E-state index in [0.29, 0.717) is 0 Å². The standard InChI is InChI=1S/C17H15NOS/c1-12-7-9-13(10-8-12)17-18-11-16(20-17)14-5-3-4-6-15(14)19-2/h3-11H,1-2H3. The van der Waals surface area contributed by atoms with Crippen LogP contribution in [0.3, 0.4) is 0 Å². The number of thiazole rings is 1. The number of para-hydroxylation sites is 1. The lowest BCUT2D eigenvalue weighted by atomic mass is 10.2. The fourth-order valence-electron chi connectivity index (χ4n) is 2.08. The van der Waals surface area contributed by atoms with Crippen LogP contribution in [0.25, 0.3) is 21.0 Å². The minimum Gasteiger partial charge on any atom is -0.496 e. The SMILES string of the molecule is COc1ccccc1-c1cnc(-c2ccc(C)cc2)s1. The van der Waals surface area contributed by atoms with E-state index in [1.807, 2.05) is 24.4 Å². The van der Waals surface area contributed by atoms with Crippen LogP contribution in [-0.2, 0) is 0 Å². The molecule has 20 heavy (non-hydrogen) atoms. The summed E-state index contributed by atoms with van der Waals surface area (Å²) in [6.45, 7) is 2.09. The summed E-state index contributed by atoms with van der Waals surface area (Å²) in [6.07, 6.45) is 1.91. The molecular formula is C17H15NOS. The molecule has 0 N–H and O–H groups in total. The van der Waals surface area contributed by atoms with Crippen LogP contribution in [0.4, 0.5) is 0 Å². The molecule has 0 aliphatic rings. The van der Waals surface area contributed by atoms with Gasteiger partial charge in [0.2, 0.25) is 0 Å². The second-order valence-corrected chi connectivity index (χ2v) is 5.63. The molecule has 0 aliphatic heterocycles. The maximum Gasteiger partial charge on any atom is 0.127 e. The van der Waals surface area contributed by atoms with Crippen molar-refractivity contribution in [3.05, 3.63) is 60.3 Å². The summed E-state index contributed by atoms with van der Waals surface area (Å²) >= 11 is 1.68. The fourth-order valence-corrected chi connectivity index (χ4v) is 3.03. The molecule has 100 valence electrons. The van der Waals surface area contributed by atoms with Crippen molar-refractivity contribution in [1.29, 1.82) is 0 Å². The summed E-state index contributed by atoms with van der Waals surface area (Å²) in [5.41, 5.74) is 3.50. The van der Waals surface area contributed by atoms with E-state index < -0.39 is 0 Å². The molecular weight excluding hydrogens is 266 g/mol. The molecule has 0 saturated carbocycles. The average molecular weight is 281 g/mol. The molecule has 3 aromatic rings. The topological polar surface area (TPSA) is 22.1 Å². The van der Waals surface area contributed by atoms with Gasteiger partial charge in [0, 0.05) is 17.3 Å². The Bertz CT molecular complexity index is 716. The molecule has 0 unspecified atom stereocenters. The van der Waals surface area contributed by atoms with Gasteiger partial charge in [0.05, 0.1) is 12.0 Å². The molecule has 0 bridgehead atoms. The average Bonchev–Trinajstić information content (AvgIpc) is 2.97. The van der Waals surface area contributed by atoms with E-state index in [1.165, 1.54) is 5.56 Å². The number of rotatable bonds is 3. The van der Waals surface area contributed by atoms with E-state index in [2.05, 4.69) is 42.2 Å². The highest BCUT2D eigenvalue weighted by molar-refractivity contribution is 7.18. The maximum absolute atomic E-state index is 5.41. The van der Waals surface area contributed by atoms with Crippen LogP contribution in [0, 0.1) is 6.92 Å². The van der Waals surface area contributed by atoms with Crippen LogP contribution >= 0.6 is 11.3 Å². The number of aryl methyl sites for hydroxylation is 1. The summed E-state index contributed by atoms with van der Waals surface area (Å²) in [5.74, 6) is 0.881. The van der Waals surface area contributed by atoms with Gasteiger partial charge in [-0.1, -0.05) is 42.0 Å². The van der Waals surface area contributed by atoms with Crippen LogP contribution in [0.15, 0.2) is 54.7 Å². The largest absolute Gasteiger partial charge is 0.496 e. The number of aromatic nitrogens is 1. The zero-order valence-corrected chi connectivity index (χ0v) is 12.3. The van der Waals surface area contributed by atoms with E-state index in [1.54, 1.807) is 18.4 Å². The smallest absolute Gasteiger partial charge is 0.127 e. The van der Waals surface area contributed by atoms with Gasteiger partial charge < -0.3 is 4.74 Å². The van der Waals surface area contributed by atoms with Gasteiger partial charge in [0.1, 0.15) is 10.8 Å². The summed E-state index contributed by atoms with van der Waals surface area (Å²) in [6, 6.07) is 16.5. The predicted octanol–water partition coefficient (Wildman–Crippen LogP) is 4.79. The molecule has 0 aliphatic carbocycles. The third-order valence-electron chi connectivity index (χ3n) is 3.18. The lowest BCUT2D eigenvalue weighted by Crippen LogP contribution is -1.84. The number of nitrogens with zero attached hydrogens (tertiary/aromatic N) is 1. The Balaban J connectivity index is 2.00. The van der Waals surface area contributed by atoms with Crippen molar-refractivity contribution in [3.8, 4) is 26.8 Å². The first-order valence-electron chi connectivity index (χ1n) is 6.44. The van der Waals surface area contributed by atoms with Gasteiger partial charge in [-0.2, -0.15) is 0 Å². The highest BCUT2D eigenvalue weighted by atomic mass is 32.1. The highest BCUT2D eigenvalue weighted by Gasteiger charge is 2.10. The first-order valence-corrected chi connectivity index (χ1v) is 7.26. The number of hydrogen-bond donors (Lipinski definition) is 0. The molecule has 0 saturated heterocycles. The maximum atomic E-state index is 5.41. The van der Waals surface area contributed by atoms with Crippen LogP contribution in [-0.4, -0.2) is 12.1 Å². The molecule has 3 rings (SSSR count). The number of hydrogen-bond acceptors (Lipinski definition) is 3. The molecule has 2 aromatic carbocycles. The predicted molar refractivity (Wildman–Crippen MR) is 84.3 cm³/mol. The molecule has 1 aromatic heterocycles. The second-order valence-electron chi connectivity index (χ2n) is 4.60. The van der Waals surface area contributed by atoms with Gasteiger partial charge in [-0.25, -0.2) is 4.98 Å². The summed E-state index contributed by atoms with van der Waals surface area (Å²) in [4.78, 5) is 5.65. The molecule has 1 heterocycles. The Kier molecular flexibility index (Phi) is 3.52. The van der Waals surface area contributed by atoms with Crippen molar-refractivity contribution in [2.24, 2.45) is 0 Å². The Labute approximate surface area is 122 Å². The van der Waals surface area contributed by atoms with Gasteiger partial charge in [-0.3, -0.25) is 0 Å². The lowest BCUT2D eigenvalue weighted by Gasteiger charge is -2.04. The van der Waals surface area contributed by atoms with Gasteiger partial charge in [-0.15, -0.1) is 11.3 Å². The molecule has 0 spiro atoms. The van der Waals surface area contributed by atoms with Crippen molar-refractivity contribution in [3.63, 3.8) is 0 Å². The minimum absolute atomic E-state index is 0.881. The Morgan fingerprint density at radius 1 is 1.00 bits per heavy atom. The zero-order valence-electron chi connectivity index (χ0n) is 11.5. The zero-order chi connectivity index (χ0) is 13.9. The second kappa shape index (κ2) is 5.47. The first kappa shape index (κ1) is 12.9. The first-order chi connectivity index (χ1) is 9.78. The quantitative estimate of drug-likeness (QED) is 0.688. The molecule has 0 amide bonds. The molecule has 0 atom stereocenters. The molecule has 3 heteroatoms. The van der Waals surface area contributed by atoms with Crippen LogP contribution in [0.2, 0.25) is 0 Å². The molecule has 0 radical (unpaired) electrons. The van der Waals surface area contributed by atoms with Gasteiger partial charge >= 0.3 is 0 Å². The van der Waals surface area contributed by atoms with Crippen LogP contribution in [0.5, 0.6) is 5.75 Å². The fraction of sp³-hybridized carbons (Fsp3) is 0.118. The van der Waals surface area contributed by atoms with E-state index in [0.717, 1.165) is 26.8 Å². The third kappa shape index (κ3) is 2.45. The third-order valence-corrected chi connectivity index (χ3v) is 4.26. The summed E-state index contributed by atoms with van der Waals surface area (Å²) in [7, 11) is 1.70. The van der Waals surface area contributed by atoms with Crippen molar-refractivity contribution in [1.82, 2.24) is 4.98 Å². The minimum atomic E-state index is 0.881. The van der Waals surface area contributed by atoms with Gasteiger partial charge in [0.25, 0.3) is 0 Å². The summed E-state index contributed by atoms with van der Waals surface area (Å²) in [5, 5.41) is 1.03. The van der Waals surface area contributed by atoms with E-state index in [9.17, 15) is 0 Å². The van der Waals surface area contributed by atoms with E-state index in [4.69, 9.17) is 4.74 Å². The number of ether oxygens (including phenoxy) is 1. The molecule has 2 nitrogen and oxygen atoms in total. The van der Waals surface area contributed by atoms with Crippen molar-refractivity contribution >= 4 is 11.3 Å². The van der Waals surface area contributed by atoms with Crippen LogP contribution < -0.4 is 4.74 Å². The van der Waals surface area contributed by atoms with Crippen molar-refractivity contribution in [2.75, 3.05) is 7.11 Å². The van der Waals surface area contributed by atoms with Crippen molar-refractivity contribution in [2.45, 2.75) is 6.92 Å². The Morgan fingerprint density at radius 2 is 1.75 bits per heavy atom. The van der Waals surface area contributed by atoms with Gasteiger partial charge in [-0.05, 0) is 19.1 Å². The number of benzene rings is 2. The van der Waals surface area contributed by atoms with E-state index in [-0.39, 0.29) is 0 Å². The highest BCUT2D eigenvalue weighted by Crippen LogP contribution is 2.36. The van der Waals surface area contributed by atoms with E-state index >= 15 is 0 Å². The van der Waals surface area contributed by atoms with Crippen LogP contribution in [0.1, 0.15) is 5.56 Å². The van der Waals surface area contributed by atoms with Gasteiger partial charge in [0.15, 0.2) is 0 Å². The monoisotopic (exact) mass is 281 g/mol. The normalized spacial score (nSPS) is 10.5. The Hall–Kier alpha value is -2.13. The molecule has 0 fully saturated rings.